The van der Waals surface area contributed by atoms with Crippen LogP contribution in [0.3, 0.4) is 0 Å². The van der Waals surface area contributed by atoms with E-state index in [4.69, 9.17) is 11.0 Å². The molecule has 1 aromatic rings. The van der Waals surface area contributed by atoms with Gasteiger partial charge in [0.2, 0.25) is 0 Å². The Morgan fingerprint density at radius 1 is 1.53 bits per heavy atom. The van der Waals surface area contributed by atoms with E-state index < -0.39 is 0 Å². The van der Waals surface area contributed by atoms with Crippen molar-refractivity contribution in [1.82, 2.24) is 0 Å². The Labute approximate surface area is 110 Å². The highest BCUT2D eigenvalue weighted by molar-refractivity contribution is 9.10. The zero-order valence-electron chi connectivity index (χ0n) is 9.69. The van der Waals surface area contributed by atoms with Crippen molar-refractivity contribution < 1.29 is 0 Å². The number of piperidine rings is 1. The van der Waals surface area contributed by atoms with Crippen LogP contribution in [0.5, 0.6) is 0 Å². The van der Waals surface area contributed by atoms with Crippen molar-refractivity contribution in [2.24, 2.45) is 11.7 Å². The van der Waals surface area contributed by atoms with Gasteiger partial charge < -0.3 is 10.6 Å². The number of hydrogen-bond donors (Lipinski definition) is 1. The first-order valence-electron chi connectivity index (χ1n) is 5.89. The van der Waals surface area contributed by atoms with Crippen molar-refractivity contribution in [2.75, 3.05) is 24.5 Å². The molecule has 0 amide bonds. The van der Waals surface area contributed by atoms with Crippen LogP contribution in [0.2, 0.25) is 0 Å². The summed E-state index contributed by atoms with van der Waals surface area (Å²) in [4.78, 5) is 2.35. The largest absolute Gasteiger partial charge is 0.370 e. The van der Waals surface area contributed by atoms with E-state index in [2.05, 4.69) is 26.9 Å². The molecule has 1 heterocycles. The van der Waals surface area contributed by atoms with Gasteiger partial charge in [-0.15, -0.1) is 0 Å². The van der Waals surface area contributed by atoms with E-state index in [1.165, 1.54) is 18.5 Å². The Kier molecular flexibility index (Phi) is 4.03. The monoisotopic (exact) mass is 293 g/mol. The summed E-state index contributed by atoms with van der Waals surface area (Å²) in [5, 5.41) is 8.84. The molecule has 1 aliphatic rings. The second kappa shape index (κ2) is 5.52. The van der Waals surface area contributed by atoms with Gasteiger partial charge in [0.25, 0.3) is 0 Å². The van der Waals surface area contributed by atoms with Crippen LogP contribution in [0, 0.1) is 17.2 Å². The quantitative estimate of drug-likeness (QED) is 0.911. The minimum Gasteiger partial charge on any atom is -0.370 e. The number of nitriles is 1. The third kappa shape index (κ3) is 2.80. The number of halogens is 1. The molecular formula is C13H16BrN3. The molecule has 0 radical (unpaired) electrons. The predicted octanol–water partition coefficient (Wildman–Crippen LogP) is 2.50. The Morgan fingerprint density at radius 3 is 3.00 bits per heavy atom. The fourth-order valence-electron chi connectivity index (χ4n) is 2.31. The van der Waals surface area contributed by atoms with Crippen LogP contribution in [0.15, 0.2) is 22.7 Å². The summed E-state index contributed by atoms with van der Waals surface area (Å²) in [5.41, 5.74) is 7.60. The van der Waals surface area contributed by atoms with Gasteiger partial charge in [-0.2, -0.15) is 5.26 Å². The summed E-state index contributed by atoms with van der Waals surface area (Å²) in [5.74, 6) is 0.589. The molecule has 17 heavy (non-hydrogen) atoms. The lowest BCUT2D eigenvalue weighted by Gasteiger charge is -2.34. The fraction of sp³-hybridized carbons (Fsp3) is 0.462. The molecule has 3 nitrogen and oxygen atoms in total. The number of anilines is 1. The highest BCUT2D eigenvalue weighted by Gasteiger charge is 2.20. The van der Waals surface area contributed by atoms with Gasteiger partial charge >= 0.3 is 0 Å². The molecule has 1 fully saturated rings. The SMILES string of the molecule is N#Cc1ccc(N2CCCC(CN)C2)c(Br)c1. The third-order valence-corrected chi connectivity index (χ3v) is 3.90. The van der Waals surface area contributed by atoms with Crippen LogP contribution >= 0.6 is 15.9 Å². The maximum Gasteiger partial charge on any atom is 0.0992 e. The van der Waals surface area contributed by atoms with Crippen molar-refractivity contribution in [3.8, 4) is 6.07 Å². The molecule has 0 saturated carbocycles. The molecule has 1 unspecified atom stereocenters. The third-order valence-electron chi connectivity index (χ3n) is 3.27. The van der Waals surface area contributed by atoms with Crippen LogP contribution in [-0.2, 0) is 0 Å². The highest BCUT2D eigenvalue weighted by Crippen LogP contribution is 2.30. The fourth-order valence-corrected chi connectivity index (χ4v) is 2.94. The minimum absolute atomic E-state index is 0.589. The first-order chi connectivity index (χ1) is 8.24. The standard InChI is InChI=1S/C13H16BrN3/c14-12-6-10(7-15)3-4-13(12)17-5-1-2-11(8-16)9-17/h3-4,6,11H,1-2,5,8-9,16H2. The minimum atomic E-state index is 0.589. The lowest BCUT2D eigenvalue weighted by Crippen LogP contribution is -2.38. The van der Waals surface area contributed by atoms with E-state index in [0.717, 1.165) is 24.1 Å². The molecule has 1 atom stereocenters. The average Bonchev–Trinajstić information content (AvgIpc) is 2.38. The summed E-state index contributed by atoms with van der Waals surface area (Å²) >= 11 is 3.54. The van der Waals surface area contributed by atoms with Gasteiger partial charge in [0.15, 0.2) is 0 Å². The topological polar surface area (TPSA) is 53.0 Å². The number of nitrogens with zero attached hydrogens (tertiary/aromatic N) is 2. The molecule has 0 bridgehead atoms. The van der Waals surface area contributed by atoms with Gasteiger partial charge in [0.1, 0.15) is 0 Å². The van der Waals surface area contributed by atoms with Gasteiger partial charge in [-0.05, 0) is 59.4 Å². The van der Waals surface area contributed by atoms with Crippen molar-refractivity contribution in [2.45, 2.75) is 12.8 Å². The van der Waals surface area contributed by atoms with Gasteiger partial charge in [-0.3, -0.25) is 0 Å². The molecule has 4 heteroatoms. The van der Waals surface area contributed by atoms with Gasteiger partial charge in [0.05, 0.1) is 17.3 Å². The summed E-state index contributed by atoms with van der Waals surface area (Å²) < 4.78 is 0.995. The molecule has 90 valence electrons. The smallest absolute Gasteiger partial charge is 0.0992 e. The number of benzene rings is 1. The molecule has 0 aromatic heterocycles. The van der Waals surface area contributed by atoms with E-state index in [9.17, 15) is 0 Å². The number of rotatable bonds is 2. The zero-order valence-corrected chi connectivity index (χ0v) is 11.3. The van der Waals surface area contributed by atoms with Crippen molar-refractivity contribution in [1.29, 1.82) is 5.26 Å². The highest BCUT2D eigenvalue weighted by atomic mass is 79.9. The maximum absolute atomic E-state index is 8.84. The molecule has 0 aliphatic carbocycles. The van der Waals surface area contributed by atoms with Crippen LogP contribution < -0.4 is 10.6 Å². The molecule has 2 N–H and O–H groups in total. The molecular weight excluding hydrogens is 278 g/mol. The second-order valence-corrected chi connectivity index (χ2v) is 5.32. The predicted molar refractivity (Wildman–Crippen MR) is 72.8 cm³/mol. The van der Waals surface area contributed by atoms with E-state index in [-0.39, 0.29) is 0 Å². The van der Waals surface area contributed by atoms with Crippen LogP contribution in [0.25, 0.3) is 0 Å². The summed E-state index contributed by atoms with van der Waals surface area (Å²) in [7, 11) is 0. The van der Waals surface area contributed by atoms with E-state index in [1.807, 2.05) is 18.2 Å². The van der Waals surface area contributed by atoms with Crippen LogP contribution in [-0.4, -0.2) is 19.6 Å². The lowest BCUT2D eigenvalue weighted by atomic mass is 9.98. The number of nitrogens with two attached hydrogens (primary N) is 1. The van der Waals surface area contributed by atoms with Gasteiger partial charge in [0, 0.05) is 17.6 Å². The first-order valence-corrected chi connectivity index (χ1v) is 6.68. The summed E-state index contributed by atoms with van der Waals surface area (Å²) in [6.45, 7) is 2.84. The van der Waals surface area contributed by atoms with Crippen molar-refractivity contribution in [3.05, 3.63) is 28.2 Å². The molecule has 1 aliphatic heterocycles. The zero-order chi connectivity index (χ0) is 12.3. The Balaban J connectivity index is 2.19. The van der Waals surface area contributed by atoms with E-state index in [1.54, 1.807) is 0 Å². The Morgan fingerprint density at radius 2 is 2.35 bits per heavy atom. The van der Waals surface area contributed by atoms with E-state index in [0.29, 0.717) is 11.5 Å². The van der Waals surface area contributed by atoms with Crippen LogP contribution in [0.1, 0.15) is 18.4 Å². The second-order valence-electron chi connectivity index (χ2n) is 4.47. The molecule has 0 spiro atoms. The molecule has 1 saturated heterocycles. The molecule has 1 aromatic carbocycles. The lowest BCUT2D eigenvalue weighted by molar-refractivity contribution is 0.423. The maximum atomic E-state index is 8.84. The van der Waals surface area contributed by atoms with Crippen molar-refractivity contribution in [3.63, 3.8) is 0 Å². The average molecular weight is 294 g/mol. The normalized spacial score (nSPS) is 20.1. The Bertz CT molecular complexity index is 439. The van der Waals surface area contributed by atoms with Crippen molar-refractivity contribution >= 4 is 21.6 Å². The first kappa shape index (κ1) is 12.4. The van der Waals surface area contributed by atoms with Gasteiger partial charge in [-0.25, -0.2) is 0 Å². The summed E-state index contributed by atoms with van der Waals surface area (Å²) in [6.07, 6.45) is 2.41. The Hall–Kier alpha value is -1.05. The van der Waals surface area contributed by atoms with E-state index >= 15 is 0 Å². The summed E-state index contributed by atoms with van der Waals surface area (Å²) in [6, 6.07) is 7.91. The molecule has 2 rings (SSSR count). The van der Waals surface area contributed by atoms with Gasteiger partial charge in [-0.1, -0.05) is 0 Å². The van der Waals surface area contributed by atoms with Crippen LogP contribution in [0.4, 0.5) is 5.69 Å². The number of hydrogen-bond acceptors (Lipinski definition) is 3.